The average molecular weight is 310 g/mol. The molecule has 96 valence electrons. The van der Waals surface area contributed by atoms with Crippen molar-refractivity contribution in [3.05, 3.63) is 0 Å². The third-order valence-electron chi connectivity index (χ3n) is 0.188. The van der Waals surface area contributed by atoms with E-state index < -0.39 is 24.3 Å². The molecular weight excluding hydrogens is 298 g/mol. The van der Waals surface area contributed by atoms with Crippen molar-refractivity contribution in [3.63, 3.8) is 0 Å². The molecule has 0 saturated carbocycles. The Labute approximate surface area is 134 Å². The van der Waals surface area contributed by atoms with Gasteiger partial charge in [0.1, 0.15) is 0 Å². The molecule has 0 aliphatic carbocycles. The van der Waals surface area contributed by atoms with E-state index >= 15 is 0 Å². The molecule has 0 saturated heterocycles. The number of phosphoric acid groups is 1. The molecule has 0 aromatic carbocycles. The largest absolute Gasteiger partial charge is 1.00 e. The summed E-state index contributed by atoms with van der Waals surface area (Å²) in [5, 5.41) is 0. The van der Waals surface area contributed by atoms with E-state index in [1.54, 1.807) is 0 Å². The molecule has 0 heterocycles. The second-order valence-electron chi connectivity index (χ2n) is 1.38. The van der Waals surface area contributed by atoms with Crippen LogP contribution in [0.3, 0.4) is 0 Å². The van der Waals surface area contributed by atoms with Crippen LogP contribution in [0.25, 0.3) is 0 Å². The summed E-state index contributed by atoms with van der Waals surface area (Å²) < 4.78 is 40.4. The Kier molecular flexibility index (Phi) is 23.2. The molecule has 0 aromatic rings. The van der Waals surface area contributed by atoms with Gasteiger partial charge in [0.05, 0.1) is 0 Å². The van der Waals surface area contributed by atoms with E-state index in [4.69, 9.17) is 14.6 Å². The van der Waals surface area contributed by atoms with Gasteiger partial charge in [0.15, 0.2) is 0 Å². The van der Waals surface area contributed by atoms with E-state index in [2.05, 4.69) is 15.4 Å². The minimum Gasteiger partial charge on any atom is -0.725 e. The van der Waals surface area contributed by atoms with E-state index in [0.29, 0.717) is 0 Å². The van der Waals surface area contributed by atoms with Crippen molar-refractivity contribution in [1.82, 2.24) is 12.3 Å². The van der Waals surface area contributed by atoms with Gasteiger partial charge in [-0.25, -0.2) is 17.8 Å². The maximum Gasteiger partial charge on any atom is 1.00 e. The Morgan fingerprint density at radius 3 is 1.44 bits per heavy atom. The maximum atomic E-state index is 9.54. The van der Waals surface area contributed by atoms with Crippen molar-refractivity contribution in [2.45, 2.75) is 0 Å². The fraction of sp³-hybridized carbons (Fsp3) is 0. The van der Waals surface area contributed by atoms with E-state index in [9.17, 15) is 17.5 Å². The van der Waals surface area contributed by atoms with Crippen LogP contribution in [0.4, 0.5) is 4.79 Å². The number of rotatable bonds is 2. The predicted molar refractivity (Wildman–Crippen MR) is 46.6 cm³/mol. The Hall–Kier alpha value is 0.846. The number of carbonyl (C=O) groups is 1. The summed E-state index contributed by atoms with van der Waals surface area (Å²) in [4.78, 5) is 24.3. The van der Waals surface area contributed by atoms with Crippen molar-refractivity contribution < 1.29 is 87.5 Å². The van der Waals surface area contributed by atoms with Gasteiger partial charge in [-0.15, -0.1) is 0 Å². The third-order valence-corrected chi connectivity index (χ3v) is 1.70. The molecule has 0 aromatic heterocycles. The van der Waals surface area contributed by atoms with Crippen molar-refractivity contribution in [1.29, 1.82) is 0 Å². The van der Waals surface area contributed by atoms with Crippen LogP contribution in [-0.2, 0) is 18.9 Å². The number of amides is 2. The smallest absolute Gasteiger partial charge is 0.725 e. The summed E-state index contributed by atoms with van der Waals surface area (Å²) in [6, 6.07) is -0.833. The summed E-state index contributed by atoms with van der Waals surface area (Å²) in [6.45, 7) is 0. The van der Waals surface area contributed by atoms with Gasteiger partial charge in [-0.05, 0) is 0 Å². The van der Waals surface area contributed by atoms with Crippen LogP contribution in [0.1, 0.15) is 0 Å². The van der Waals surface area contributed by atoms with Gasteiger partial charge >= 0.3 is 65.2 Å². The van der Waals surface area contributed by atoms with Crippen LogP contribution >= 0.6 is 7.82 Å². The van der Waals surface area contributed by atoms with Crippen LogP contribution in [0.15, 0.2) is 0 Å². The van der Waals surface area contributed by atoms with Crippen LogP contribution in [0.5, 0.6) is 0 Å². The molecule has 0 atom stereocenters. The zero-order valence-corrected chi connectivity index (χ0v) is 13.1. The van der Waals surface area contributed by atoms with Crippen molar-refractivity contribution >= 4 is 24.3 Å². The first kappa shape index (κ1) is 30.1. The number of nitrogens with two attached hydrogens (primary N) is 2. The quantitative estimate of drug-likeness (QED) is 0.122. The van der Waals surface area contributed by atoms with Crippen LogP contribution in [0, 0.1) is 0 Å². The molecule has 2 amide bonds. The minimum atomic E-state index is -5.29. The van der Waals surface area contributed by atoms with Gasteiger partial charge in [0.25, 0.3) is 0 Å². The molecule has 0 aliphatic rings. The van der Waals surface area contributed by atoms with Crippen LogP contribution < -0.4 is 75.2 Å². The number of urea groups is 1. The Morgan fingerprint density at radius 1 is 1.25 bits per heavy atom. The molecule has 15 heteroatoms. The monoisotopic (exact) mass is 310 g/mol. The summed E-state index contributed by atoms with van der Waals surface area (Å²) in [7, 11) is -10.5. The van der Waals surface area contributed by atoms with Crippen LogP contribution in [-0.4, -0.2) is 28.8 Å². The molecule has 0 aliphatic heterocycles. The number of hydrogen-bond acceptors (Lipinski definition) is 8. The van der Waals surface area contributed by atoms with Gasteiger partial charge in [-0.2, -0.15) is 3.97 Å². The molecule has 12 nitrogen and oxygen atoms in total. The SMILES string of the molecule is N.N.NC(N)=O.O=P(O)(O)OS(=O)(=O)[O-].[K+]. The van der Waals surface area contributed by atoms with Gasteiger partial charge in [0.2, 0.25) is 10.4 Å². The molecule has 0 rings (SSSR count). The molecule has 0 radical (unpaired) electrons. The Bertz CT molecular complexity index is 306. The third kappa shape index (κ3) is 60.7. The van der Waals surface area contributed by atoms with Gasteiger partial charge in [0, 0.05) is 0 Å². The minimum absolute atomic E-state index is 0. The number of hydrogen-bond donors (Lipinski definition) is 6. The molecule has 12 N–H and O–H groups in total. The fourth-order valence-electron chi connectivity index (χ4n) is 0.119. The normalized spacial score (nSPS) is 9.19. The topological polar surface area (TPSA) is 263 Å². The second kappa shape index (κ2) is 12.3. The van der Waals surface area contributed by atoms with Crippen LogP contribution in [0.2, 0.25) is 0 Å². The number of carbonyl (C=O) groups excluding carboxylic acids is 1. The van der Waals surface area contributed by atoms with E-state index in [0.717, 1.165) is 0 Å². The molecule has 16 heavy (non-hydrogen) atoms. The van der Waals surface area contributed by atoms with E-state index in [-0.39, 0.29) is 63.7 Å². The van der Waals surface area contributed by atoms with Crippen molar-refractivity contribution in [2.24, 2.45) is 11.5 Å². The van der Waals surface area contributed by atoms with Gasteiger partial charge in [-0.1, -0.05) is 0 Å². The second-order valence-corrected chi connectivity index (χ2v) is 3.77. The van der Waals surface area contributed by atoms with Gasteiger partial charge < -0.3 is 38.1 Å². The Balaban J connectivity index is -0.0000000511. The molecule has 0 fully saturated rings. The van der Waals surface area contributed by atoms with Crippen molar-refractivity contribution in [2.75, 3.05) is 0 Å². The van der Waals surface area contributed by atoms with E-state index in [1.165, 1.54) is 0 Å². The zero-order valence-electron chi connectivity index (χ0n) is 8.27. The van der Waals surface area contributed by atoms with Crippen molar-refractivity contribution in [3.8, 4) is 0 Å². The predicted octanol–water partition coefficient (Wildman–Crippen LogP) is -5.09. The molecule has 0 unspecified atom stereocenters. The zero-order chi connectivity index (χ0) is 11.3. The maximum absolute atomic E-state index is 9.54. The summed E-state index contributed by atoms with van der Waals surface area (Å²) in [5.74, 6) is 0. The summed E-state index contributed by atoms with van der Waals surface area (Å²) in [5.41, 5.74) is 8.50. The first-order valence-corrected chi connectivity index (χ1v) is 5.08. The first-order valence-electron chi connectivity index (χ1n) is 2.21. The molecule has 0 bridgehead atoms. The Morgan fingerprint density at radius 2 is 1.44 bits per heavy atom. The van der Waals surface area contributed by atoms with E-state index in [1.807, 2.05) is 0 Å². The number of primary amides is 2. The fourth-order valence-corrected chi connectivity index (χ4v) is 1.07. The summed E-state index contributed by atoms with van der Waals surface area (Å²) in [6.07, 6.45) is 0. The standard InChI is InChI=1S/CH4N2O.K.2H3N.H3O7PS/c2-1(3)4;;;;1-8(2,3)7-9(4,5)6/h(H4,2,3,4);;2*1H3;(H2,1,2,3)(H,4,5,6)/q;+1;;;/p-1. The first-order chi connectivity index (χ1) is 5.44. The van der Waals surface area contributed by atoms with Gasteiger partial charge in [-0.3, -0.25) is 0 Å². The average Bonchev–Trinajstić information content (AvgIpc) is 1.47. The molecule has 0 spiro atoms. The molecular formula is CH12KN4O8PS. The summed E-state index contributed by atoms with van der Waals surface area (Å²) >= 11 is 0.